The lowest BCUT2D eigenvalue weighted by Gasteiger charge is -2.17. The third-order valence-corrected chi connectivity index (χ3v) is 6.29. The molecule has 212 valence electrons. The standard InChI is InChI=1S/C24H22F6N2O6S/c1-4-36-20-11-10-17(23(25,26)27)12-18(20)19-13-21(38-39(34,35)24(28,29)30)32(31-19)14(3)15-6-8-16(9-7-15)22(33)37-5-2/h6-14H,4-5H2,1-3H3/t14-/m0/s1. The van der Waals surface area contributed by atoms with Gasteiger partial charge < -0.3 is 13.7 Å². The molecule has 0 fully saturated rings. The van der Waals surface area contributed by atoms with Gasteiger partial charge in [0.05, 0.1) is 30.4 Å². The Labute approximate surface area is 219 Å². The van der Waals surface area contributed by atoms with Crippen LogP contribution < -0.4 is 8.92 Å². The molecule has 15 heteroatoms. The van der Waals surface area contributed by atoms with Crippen molar-refractivity contribution in [1.29, 1.82) is 0 Å². The van der Waals surface area contributed by atoms with Gasteiger partial charge >= 0.3 is 27.8 Å². The summed E-state index contributed by atoms with van der Waals surface area (Å²) >= 11 is 0. The average molecular weight is 581 g/mol. The van der Waals surface area contributed by atoms with Crippen molar-refractivity contribution in [2.24, 2.45) is 0 Å². The lowest BCUT2D eigenvalue weighted by Crippen LogP contribution is -2.29. The van der Waals surface area contributed by atoms with Crippen LogP contribution in [0.4, 0.5) is 26.3 Å². The molecule has 1 aromatic heterocycles. The van der Waals surface area contributed by atoms with Crippen LogP contribution in [0.2, 0.25) is 0 Å². The second-order valence-electron chi connectivity index (χ2n) is 7.96. The normalized spacial score (nSPS) is 13.2. The van der Waals surface area contributed by atoms with Crippen molar-refractivity contribution in [3.8, 4) is 22.9 Å². The van der Waals surface area contributed by atoms with Crippen molar-refractivity contribution in [2.75, 3.05) is 13.2 Å². The van der Waals surface area contributed by atoms with Gasteiger partial charge in [0.1, 0.15) is 11.4 Å². The molecule has 0 saturated carbocycles. The molecule has 0 aliphatic rings. The maximum Gasteiger partial charge on any atom is 0.534 e. The first-order valence-corrected chi connectivity index (χ1v) is 12.7. The summed E-state index contributed by atoms with van der Waals surface area (Å²) in [5, 5.41) is 4.10. The molecule has 2 aromatic carbocycles. The maximum absolute atomic E-state index is 13.4. The number of alkyl halides is 6. The van der Waals surface area contributed by atoms with Gasteiger partial charge in [0, 0.05) is 11.6 Å². The summed E-state index contributed by atoms with van der Waals surface area (Å²) < 4.78 is 118. The molecule has 0 saturated heterocycles. The number of esters is 1. The number of nitrogens with zero attached hydrogens (tertiary/aromatic N) is 2. The highest BCUT2D eigenvalue weighted by Gasteiger charge is 2.49. The van der Waals surface area contributed by atoms with E-state index in [2.05, 4.69) is 9.28 Å². The van der Waals surface area contributed by atoms with Gasteiger partial charge in [-0.2, -0.15) is 39.9 Å². The average Bonchev–Trinajstić information content (AvgIpc) is 3.25. The largest absolute Gasteiger partial charge is 0.534 e. The summed E-state index contributed by atoms with van der Waals surface area (Å²) in [6.45, 7) is 4.77. The first kappa shape index (κ1) is 29.8. The van der Waals surface area contributed by atoms with Crippen molar-refractivity contribution in [3.63, 3.8) is 0 Å². The van der Waals surface area contributed by atoms with Gasteiger partial charge in [-0.25, -0.2) is 9.48 Å². The number of carbonyl (C=O) groups is 1. The Kier molecular flexibility index (Phi) is 8.53. The van der Waals surface area contributed by atoms with Crippen LogP contribution in [0.15, 0.2) is 48.5 Å². The fraction of sp³-hybridized carbons (Fsp3) is 0.333. The molecule has 1 atom stereocenters. The Hall–Kier alpha value is -3.75. The van der Waals surface area contributed by atoms with Crippen molar-refractivity contribution in [2.45, 2.75) is 38.5 Å². The van der Waals surface area contributed by atoms with E-state index < -0.39 is 45.3 Å². The molecule has 0 spiro atoms. The zero-order valence-corrected chi connectivity index (χ0v) is 21.4. The van der Waals surface area contributed by atoms with Gasteiger partial charge in [-0.05, 0) is 56.7 Å². The lowest BCUT2D eigenvalue weighted by molar-refractivity contribution is -0.137. The predicted octanol–water partition coefficient (Wildman–Crippen LogP) is 5.98. The van der Waals surface area contributed by atoms with Gasteiger partial charge in [-0.15, -0.1) is 0 Å². The summed E-state index contributed by atoms with van der Waals surface area (Å²) in [5.74, 6) is -1.61. The molecule has 8 nitrogen and oxygen atoms in total. The summed E-state index contributed by atoms with van der Waals surface area (Å²) in [4.78, 5) is 11.9. The molecule has 1 heterocycles. The molecule has 39 heavy (non-hydrogen) atoms. The van der Waals surface area contributed by atoms with Crippen LogP contribution >= 0.6 is 0 Å². The minimum absolute atomic E-state index is 0.0358. The highest BCUT2D eigenvalue weighted by atomic mass is 32.2. The molecule has 0 N–H and O–H groups in total. The molecule has 0 bridgehead atoms. The second kappa shape index (κ2) is 11.2. The number of rotatable bonds is 9. The van der Waals surface area contributed by atoms with Crippen molar-refractivity contribution in [1.82, 2.24) is 9.78 Å². The van der Waals surface area contributed by atoms with E-state index in [1.54, 1.807) is 13.8 Å². The van der Waals surface area contributed by atoms with E-state index in [0.717, 1.165) is 22.9 Å². The number of ether oxygens (including phenoxy) is 2. The number of halogens is 6. The first-order chi connectivity index (χ1) is 18.1. The molecule has 3 aromatic rings. The Morgan fingerprint density at radius 3 is 2.15 bits per heavy atom. The minimum Gasteiger partial charge on any atom is -0.493 e. The van der Waals surface area contributed by atoms with E-state index in [9.17, 15) is 39.6 Å². The van der Waals surface area contributed by atoms with Gasteiger partial charge in [0.25, 0.3) is 0 Å². The number of benzene rings is 2. The van der Waals surface area contributed by atoms with Crippen molar-refractivity contribution < 1.29 is 53.2 Å². The SMILES string of the molecule is CCOC(=O)c1ccc([C@H](C)n2nc(-c3cc(C(F)(F)F)ccc3OCC)cc2OS(=O)(=O)C(F)(F)F)cc1. The van der Waals surface area contributed by atoms with Crippen LogP contribution in [0.5, 0.6) is 11.6 Å². The zero-order valence-electron chi connectivity index (χ0n) is 20.6. The van der Waals surface area contributed by atoms with Gasteiger partial charge in [0.15, 0.2) is 0 Å². The van der Waals surface area contributed by atoms with Crippen molar-refractivity contribution in [3.05, 3.63) is 65.2 Å². The number of hydrogen-bond donors (Lipinski definition) is 0. The number of aromatic nitrogens is 2. The Bertz CT molecular complexity index is 1430. The van der Waals surface area contributed by atoms with Gasteiger partial charge in [-0.1, -0.05) is 12.1 Å². The second-order valence-corrected chi connectivity index (χ2v) is 9.49. The molecule has 0 aliphatic heterocycles. The van der Waals surface area contributed by atoms with E-state index in [-0.39, 0.29) is 35.8 Å². The summed E-state index contributed by atoms with van der Waals surface area (Å²) in [5.41, 5.74) is -6.96. The summed E-state index contributed by atoms with van der Waals surface area (Å²) in [6, 6.07) is 7.82. The van der Waals surface area contributed by atoms with Crippen LogP contribution in [0.1, 0.15) is 48.3 Å². The smallest absolute Gasteiger partial charge is 0.493 e. The Balaban J connectivity index is 2.16. The molecule has 0 unspecified atom stereocenters. The van der Waals surface area contributed by atoms with Gasteiger partial charge in [-0.3, -0.25) is 0 Å². The first-order valence-electron chi connectivity index (χ1n) is 11.3. The molecule has 0 aliphatic carbocycles. The van der Waals surface area contributed by atoms with E-state index in [1.165, 1.54) is 31.2 Å². The van der Waals surface area contributed by atoms with E-state index >= 15 is 0 Å². The Morgan fingerprint density at radius 2 is 1.62 bits per heavy atom. The van der Waals surface area contributed by atoms with Crippen LogP contribution in [-0.2, 0) is 21.0 Å². The maximum atomic E-state index is 13.4. The topological polar surface area (TPSA) is 96.7 Å². The zero-order chi connectivity index (χ0) is 29.2. The minimum atomic E-state index is -6.17. The molecule has 0 radical (unpaired) electrons. The van der Waals surface area contributed by atoms with Crippen molar-refractivity contribution >= 4 is 16.1 Å². The van der Waals surface area contributed by atoms with Crippen LogP contribution in [0.3, 0.4) is 0 Å². The number of hydrogen-bond acceptors (Lipinski definition) is 7. The fourth-order valence-corrected chi connectivity index (χ4v) is 3.89. The quantitative estimate of drug-likeness (QED) is 0.133. The monoisotopic (exact) mass is 580 g/mol. The molecule has 0 amide bonds. The molecular formula is C24H22F6N2O6S. The van der Waals surface area contributed by atoms with E-state index in [1.807, 2.05) is 0 Å². The fourth-order valence-electron chi connectivity index (χ4n) is 3.45. The number of carbonyl (C=O) groups excluding carboxylic acids is 1. The van der Waals surface area contributed by atoms with Gasteiger partial charge in [0.2, 0.25) is 5.88 Å². The predicted molar refractivity (Wildman–Crippen MR) is 126 cm³/mol. The Morgan fingerprint density at radius 1 is 0.974 bits per heavy atom. The third-order valence-electron chi connectivity index (χ3n) is 5.33. The highest BCUT2D eigenvalue weighted by Crippen LogP contribution is 2.39. The van der Waals surface area contributed by atoms with E-state index in [0.29, 0.717) is 11.6 Å². The van der Waals surface area contributed by atoms with E-state index in [4.69, 9.17) is 9.47 Å². The third kappa shape index (κ3) is 6.64. The summed E-state index contributed by atoms with van der Waals surface area (Å²) in [7, 11) is -6.17. The molecule has 3 rings (SSSR count). The van der Waals surface area contributed by atoms with Crippen LogP contribution in [-0.4, -0.2) is 42.9 Å². The summed E-state index contributed by atoms with van der Waals surface area (Å²) in [6.07, 6.45) is -4.77. The highest BCUT2D eigenvalue weighted by molar-refractivity contribution is 7.87. The van der Waals surface area contributed by atoms with Crippen LogP contribution in [0, 0.1) is 0 Å². The van der Waals surface area contributed by atoms with Crippen LogP contribution in [0.25, 0.3) is 11.3 Å². The lowest BCUT2D eigenvalue weighted by atomic mass is 10.1. The molecular weight excluding hydrogens is 558 g/mol.